The highest BCUT2D eigenvalue weighted by Crippen LogP contribution is 2.37. The van der Waals surface area contributed by atoms with Crippen LogP contribution in [-0.4, -0.2) is 39.9 Å². The van der Waals surface area contributed by atoms with Gasteiger partial charge in [0, 0.05) is 30.2 Å². The molecule has 3 heterocycles. The highest BCUT2D eigenvalue weighted by molar-refractivity contribution is 7.09. The zero-order chi connectivity index (χ0) is 14.3. The molecule has 1 aromatic heterocycles. The first kappa shape index (κ1) is 14.1. The van der Waals surface area contributed by atoms with Crippen molar-refractivity contribution >= 4 is 16.7 Å². The number of hydrogen-bond donors (Lipinski definition) is 1. The predicted octanol–water partition coefficient (Wildman–Crippen LogP) is 2.84. The van der Waals surface area contributed by atoms with Crippen molar-refractivity contribution in [1.82, 2.24) is 14.3 Å². The van der Waals surface area contributed by atoms with E-state index < -0.39 is 12.0 Å². The molecule has 1 N–H and O–H groups in total. The summed E-state index contributed by atoms with van der Waals surface area (Å²) < 4.78 is 40.5. The number of hydrogen-bond acceptors (Lipinski definition) is 5. The van der Waals surface area contributed by atoms with E-state index in [1.807, 2.05) is 0 Å². The normalized spacial score (nSPS) is 30.7. The topological polar surface area (TPSA) is 41.0 Å². The smallest absolute Gasteiger partial charge is 0.360 e. The van der Waals surface area contributed by atoms with Gasteiger partial charge in [0.15, 0.2) is 0 Å². The van der Waals surface area contributed by atoms with Gasteiger partial charge in [-0.1, -0.05) is 0 Å². The van der Waals surface area contributed by atoms with E-state index in [1.54, 1.807) is 0 Å². The highest BCUT2D eigenvalue weighted by atomic mass is 32.1. The molecule has 2 atom stereocenters. The second-order valence-electron chi connectivity index (χ2n) is 5.69. The molecular weight excluding hydrogens is 289 g/mol. The summed E-state index contributed by atoms with van der Waals surface area (Å²) in [6.07, 6.45) is 0.266. The summed E-state index contributed by atoms with van der Waals surface area (Å²) in [6.45, 7) is 0.688. The molecule has 2 unspecified atom stereocenters. The minimum Gasteiger partial charge on any atom is -0.360 e. The number of halogens is 3. The van der Waals surface area contributed by atoms with Gasteiger partial charge in [0.25, 0.3) is 0 Å². The SMILES string of the molecule is CN1C2CCC1CC(CNc1nc(C(F)(F)F)ns1)C2. The second-order valence-corrected chi connectivity index (χ2v) is 6.44. The molecule has 0 amide bonds. The maximum Gasteiger partial charge on any atom is 0.452 e. The number of nitrogens with one attached hydrogen (secondary N) is 1. The van der Waals surface area contributed by atoms with E-state index in [2.05, 4.69) is 26.6 Å². The molecule has 20 heavy (non-hydrogen) atoms. The zero-order valence-electron chi connectivity index (χ0n) is 11.2. The lowest BCUT2D eigenvalue weighted by molar-refractivity contribution is -0.144. The molecule has 0 spiro atoms. The van der Waals surface area contributed by atoms with E-state index in [0.717, 1.165) is 24.4 Å². The molecule has 0 aromatic carbocycles. The van der Waals surface area contributed by atoms with Gasteiger partial charge < -0.3 is 10.2 Å². The van der Waals surface area contributed by atoms with E-state index in [1.165, 1.54) is 12.8 Å². The number of fused-ring (bicyclic) bond motifs is 2. The first-order chi connectivity index (χ1) is 9.43. The second kappa shape index (κ2) is 5.14. The maximum atomic E-state index is 12.4. The Balaban J connectivity index is 1.54. The van der Waals surface area contributed by atoms with Crippen LogP contribution in [0.15, 0.2) is 0 Å². The van der Waals surface area contributed by atoms with Crippen LogP contribution in [0.2, 0.25) is 0 Å². The average molecular weight is 306 g/mol. The number of piperidine rings is 1. The average Bonchev–Trinajstić information content (AvgIpc) is 2.90. The molecule has 2 saturated heterocycles. The van der Waals surface area contributed by atoms with Crippen LogP contribution in [0.25, 0.3) is 0 Å². The summed E-state index contributed by atoms with van der Waals surface area (Å²) in [7, 11) is 2.17. The van der Waals surface area contributed by atoms with Gasteiger partial charge in [-0.25, -0.2) is 0 Å². The number of aromatic nitrogens is 2. The molecule has 8 heteroatoms. The monoisotopic (exact) mass is 306 g/mol. The molecular formula is C12H17F3N4S. The summed E-state index contributed by atoms with van der Waals surface area (Å²) >= 11 is 0.780. The molecule has 2 bridgehead atoms. The fraction of sp³-hybridized carbons (Fsp3) is 0.833. The molecule has 2 fully saturated rings. The number of rotatable bonds is 3. The maximum absolute atomic E-state index is 12.4. The van der Waals surface area contributed by atoms with Crippen LogP contribution in [0, 0.1) is 5.92 Å². The van der Waals surface area contributed by atoms with Crippen LogP contribution >= 0.6 is 11.5 Å². The number of alkyl halides is 3. The van der Waals surface area contributed by atoms with Crippen molar-refractivity contribution in [3.05, 3.63) is 5.82 Å². The van der Waals surface area contributed by atoms with E-state index in [-0.39, 0.29) is 5.13 Å². The van der Waals surface area contributed by atoms with E-state index in [0.29, 0.717) is 24.5 Å². The van der Waals surface area contributed by atoms with Gasteiger partial charge in [0.1, 0.15) is 0 Å². The predicted molar refractivity (Wildman–Crippen MR) is 70.7 cm³/mol. The number of anilines is 1. The van der Waals surface area contributed by atoms with Crippen LogP contribution in [0.5, 0.6) is 0 Å². The van der Waals surface area contributed by atoms with Crippen molar-refractivity contribution in [2.24, 2.45) is 5.92 Å². The first-order valence-electron chi connectivity index (χ1n) is 6.80. The minimum atomic E-state index is -4.46. The molecule has 1 aromatic rings. The Morgan fingerprint density at radius 3 is 2.50 bits per heavy atom. The van der Waals surface area contributed by atoms with E-state index in [9.17, 15) is 13.2 Å². The molecule has 0 saturated carbocycles. The van der Waals surface area contributed by atoms with Crippen LogP contribution in [0.1, 0.15) is 31.5 Å². The van der Waals surface area contributed by atoms with Crippen LogP contribution in [0.3, 0.4) is 0 Å². The van der Waals surface area contributed by atoms with Crippen LogP contribution < -0.4 is 5.32 Å². The van der Waals surface area contributed by atoms with Gasteiger partial charge in [-0.3, -0.25) is 0 Å². The molecule has 112 valence electrons. The molecule has 3 rings (SSSR count). The Bertz CT molecular complexity index is 462. The van der Waals surface area contributed by atoms with Crippen LogP contribution in [0.4, 0.5) is 18.3 Å². The summed E-state index contributed by atoms with van der Waals surface area (Å²) in [4.78, 5) is 5.94. The third-order valence-electron chi connectivity index (χ3n) is 4.42. The third-order valence-corrected chi connectivity index (χ3v) is 5.09. The van der Waals surface area contributed by atoms with Gasteiger partial charge in [-0.2, -0.15) is 22.5 Å². The lowest BCUT2D eigenvalue weighted by Gasteiger charge is -2.36. The molecule has 0 aliphatic carbocycles. The molecule has 4 nitrogen and oxygen atoms in total. The van der Waals surface area contributed by atoms with E-state index in [4.69, 9.17) is 0 Å². The van der Waals surface area contributed by atoms with Crippen molar-refractivity contribution in [2.75, 3.05) is 18.9 Å². The largest absolute Gasteiger partial charge is 0.452 e. The molecule has 0 radical (unpaired) electrons. The first-order valence-corrected chi connectivity index (χ1v) is 7.57. The summed E-state index contributed by atoms with van der Waals surface area (Å²) in [6, 6.07) is 1.28. The third kappa shape index (κ3) is 2.76. The Labute approximate surface area is 119 Å². The van der Waals surface area contributed by atoms with Crippen molar-refractivity contribution < 1.29 is 13.2 Å². The van der Waals surface area contributed by atoms with Crippen molar-refractivity contribution in [3.63, 3.8) is 0 Å². The van der Waals surface area contributed by atoms with Gasteiger partial charge in [0.2, 0.25) is 11.0 Å². The molecule has 2 aliphatic rings. The minimum absolute atomic E-state index is 0.267. The van der Waals surface area contributed by atoms with E-state index >= 15 is 0 Å². The zero-order valence-corrected chi connectivity index (χ0v) is 12.0. The summed E-state index contributed by atoms with van der Waals surface area (Å²) in [5.74, 6) is -0.532. The lowest BCUT2D eigenvalue weighted by Crippen LogP contribution is -2.41. The summed E-state index contributed by atoms with van der Waals surface area (Å²) in [5, 5.41) is 3.28. The van der Waals surface area contributed by atoms with Gasteiger partial charge >= 0.3 is 6.18 Å². The number of nitrogens with zero attached hydrogens (tertiary/aromatic N) is 3. The fourth-order valence-corrected chi connectivity index (χ4v) is 3.93. The van der Waals surface area contributed by atoms with Gasteiger partial charge in [-0.05, 0) is 38.6 Å². The lowest BCUT2D eigenvalue weighted by atomic mass is 9.91. The Morgan fingerprint density at radius 2 is 1.95 bits per heavy atom. The van der Waals surface area contributed by atoms with Gasteiger partial charge in [-0.15, -0.1) is 0 Å². The van der Waals surface area contributed by atoms with Gasteiger partial charge in [0.05, 0.1) is 0 Å². The highest BCUT2D eigenvalue weighted by Gasteiger charge is 2.38. The Hall–Kier alpha value is -0.890. The van der Waals surface area contributed by atoms with Crippen molar-refractivity contribution in [2.45, 2.75) is 43.9 Å². The quantitative estimate of drug-likeness (QED) is 0.932. The van der Waals surface area contributed by atoms with Crippen LogP contribution in [-0.2, 0) is 6.18 Å². The Kier molecular flexibility index (Phi) is 3.62. The molecule has 2 aliphatic heterocycles. The fourth-order valence-electron chi connectivity index (χ4n) is 3.33. The van der Waals surface area contributed by atoms with Crippen molar-refractivity contribution in [1.29, 1.82) is 0 Å². The van der Waals surface area contributed by atoms with Crippen molar-refractivity contribution in [3.8, 4) is 0 Å². The standard InChI is InChI=1S/C12H17F3N4S/c1-19-8-2-3-9(19)5-7(4-8)6-16-11-17-10(18-20-11)12(13,14)15/h7-9H,2-6H2,1H3,(H,16,17,18). The summed E-state index contributed by atoms with van der Waals surface area (Å²) in [5.41, 5.74) is 0. The Morgan fingerprint density at radius 1 is 1.30 bits per heavy atom.